The van der Waals surface area contributed by atoms with Crippen molar-refractivity contribution in [1.82, 2.24) is 15.1 Å². The standard InChI is InChI=1S/C20H24N4/c1-2-3-11-23-12-17-14-24(15-18(17)13-23)20-10-9-19(21-22-20)16-7-5-4-6-8-16/h2-10,17-18H,11-15H2,1H3/b3-2+. The highest BCUT2D eigenvalue weighted by Gasteiger charge is 2.39. The van der Waals surface area contributed by atoms with E-state index in [4.69, 9.17) is 0 Å². The molecule has 4 nitrogen and oxygen atoms in total. The van der Waals surface area contributed by atoms with Crippen molar-refractivity contribution >= 4 is 5.82 Å². The first kappa shape index (κ1) is 15.3. The maximum atomic E-state index is 4.48. The second-order valence-electron chi connectivity index (χ2n) is 6.86. The zero-order valence-corrected chi connectivity index (χ0v) is 14.2. The molecule has 3 heterocycles. The Balaban J connectivity index is 1.40. The molecular formula is C20H24N4. The molecule has 0 N–H and O–H groups in total. The van der Waals surface area contributed by atoms with Gasteiger partial charge in [0.2, 0.25) is 0 Å². The molecule has 0 bridgehead atoms. The largest absolute Gasteiger partial charge is 0.354 e. The highest BCUT2D eigenvalue weighted by Crippen LogP contribution is 2.33. The van der Waals surface area contributed by atoms with Crippen LogP contribution in [0.15, 0.2) is 54.6 Å². The van der Waals surface area contributed by atoms with Crippen molar-refractivity contribution in [3.8, 4) is 11.3 Å². The molecule has 2 aliphatic rings. The maximum absolute atomic E-state index is 4.48. The number of benzene rings is 1. The number of hydrogen-bond acceptors (Lipinski definition) is 4. The summed E-state index contributed by atoms with van der Waals surface area (Å²) in [6.07, 6.45) is 4.40. The molecule has 24 heavy (non-hydrogen) atoms. The summed E-state index contributed by atoms with van der Waals surface area (Å²) in [6.45, 7) is 7.82. The SMILES string of the molecule is C/C=C/CN1CC2CN(c3ccc(-c4ccccc4)nn3)CC2C1. The highest BCUT2D eigenvalue weighted by molar-refractivity contribution is 5.59. The van der Waals surface area contributed by atoms with Crippen molar-refractivity contribution < 1.29 is 0 Å². The Labute approximate surface area is 143 Å². The van der Waals surface area contributed by atoms with Gasteiger partial charge in [0.15, 0.2) is 5.82 Å². The van der Waals surface area contributed by atoms with Gasteiger partial charge in [0.25, 0.3) is 0 Å². The molecule has 4 heteroatoms. The molecule has 1 aromatic heterocycles. The van der Waals surface area contributed by atoms with Crippen LogP contribution in [0.2, 0.25) is 0 Å². The van der Waals surface area contributed by atoms with Crippen LogP contribution in [0.3, 0.4) is 0 Å². The minimum atomic E-state index is 0.769. The summed E-state index contributed by atoms with van der Waals surface area (Å²) in [5, 5.41) is 8.92. The lowest BCUT2D eigenvalue weighted by Gasteiger charge is -2.21. The number of hydrogen-bond donors (Lipinski definition) is 0. The number of allylic oxidation sites excluding steroid dienone is 1. The van der Waals surface area contributed by atoms with E-state index in [-0.39, 0.29) is 0 Å². The molecule has 1 aromatic carbocycles. The quantitative estimate of drug-likeness (QED) is 0.811. The van der Waals surface area contributed by atoms with Gasteiger partial charge in [0.1, 0.15) is 0 Å². The molecule has 0 saturated carbocycles. The number of likely N-dealkylation sites (tertiary alicyclic amines) is 1. The van der Waals surface area contributed by atoms with Crippen LogP contribution < -0.4 is 4.90 Å². The van der Waals surface area contributed by atoms with E-state index in [9.17, 15) is 0 Å². The Morgan fingerprint density at radius 2 is 1.71 bits per heavy atom. The van der Waals surface area contributed by atoms with Crippen LogP contribution in [0, 0.1) is 11.8 Å². The second kappa shape index (κ2) is 6.73. The van der Waals surface area contributed by atoms with E-state index < -0.39 is 0 Å². The lowest BCUT2D eigenvalue weighted by atomic mass is 10.0. The van der Waals surface area contributed by atoms with Gasteiger partial charge in [-0.25, -0.2) is 0 Å². The molecule has 0 radical (unpaired) electrons. The van der Waals surface area contributed by atoms with Gasteiger partial charge in [-0.3, -0.25) is 4.90 Å². The van der Waals surface area contributed by atoms with Crippen LogP contribution in [0.4, 0.5) is 5.82 Å². The predicted octanol–water partition coefficient (Wildman–Crippen LogP) is 3.09. The molecule has 2 aromatic rings. The van der Waals surface area contributed by atoms with Gasteiger partial charge in [-0.1, -0.05) is 42.5 Å². The van der Waals surface area contributed by atoms with Gasteiger partial charge in [-0.2, -0.15) is 0 Å². The fraction of sp³-hybridized carbons (Fsp3) is 0.400. The molecule has 124 valence electrons. The number of nitrogens with zero attached hydrogens (tertiary/aromatic N) is 4. The van der Waals surface area contributed by atoms with E-state index in [2.05, 4.69) is 63.3 Å². The van der Waals surface area contributed by atoms with Gasteiger partial charge in [0.05, 0.1) is 5.69 Å². The summed E-state index contributed by atoms with van der Waals surface area (Å²) in [6, 6.07) is 14.4. The normalized spacial score (nSPS) is 24.0. The van der Waals surface area contributed by atoms with E-state index in [1.165, 1.54) is 13.1 Å². The maximum Gasteiger partial charge on any atom is 0.151 e. The molecule has 0 spiro atoms. The molecule has 4 rings (SSSR count). The molecular weight excluding hydrogens is 296 g/mol. The number of rotatable bonds is 4. The lowest BCUT2D eigenvalue weighted by Crippen LogP contribution is -2.29. The fourth-order valence-electron chi connectivity index (χ4n) is 3.94. The first-order valence-electron chi connectivity index (χ1n) is 8.81. The van der Waals surface area contributed by atoms with Crippen molar-refractivity contribution in [1.29, 1.82) is 0 Å². The van der Waals surface area contributed by atoms with Gasteiger partial charge in [-0.15, -0.1) is 10.2 Å². The van der Waals surface area contributed by atoms with E-state index >= 15 is 0 Å². The molecule has 0 aliphatic carbocycles. The summed E-state index contributed by atoms with van der Waals surface area (Å²) in [4.78, 5) is 4.97. The molecule has 2 aliphatic heterocycles. The van der Waals surface area contributed by atoms with Crippen molar-refractivity contribution in [3.05, 3.63) is 54.6 Å². The van der Waals surface area contributed by atoms with E-state index in [0.29, 0.717) is 0 Å². The van der Waals surface area contributed by atoms with E-state index in [1.54, 1.807) is 0 Å². The Bertz CT molecular complexity index is 681. The van der Waals surface area contributed by atoms with Crippen LogP contribution in [-0.4, -0.2) is 47.8 Å². The average Bonchev–Trinajstić information content (AvgIpc) is 3.19. The first-order valence-corrected chi connectivity index (χ1v) is 8.81. The monoisotopic (exact) mass is 320 g/mol. The van der Waals surface area contributed by atoms with Crippen LogP contribution in [-0.2, 0) is 0 Å². The summed E-state index contributed by atoms with van der Waals surface area (Å²) >= 11 is 0. The third-order valence-electron chi connectivity index (χ3n) is 5.21. The zero-order valence-electron chi connectivity index (χ0n) is 14.2. The number of anilines is 1. The minimum absolute atomic E-state index is 0.769. The number of aromatic nitrogens is 2. The average molecular weight is 320 g/mol. The third-order valence-corrected chi connectivity index (χ3v) is 5.21. The van der Waals surface area contributed by atoms with Gasteiger partial charge >= 0.3 is 0 Å². The van der Waals surface area contributed by atoms with Crippen LogP contribution in [0.5, 0.6) is 0 Å². The van der Waals surface area contributed by atoms with Crippen molar-refractivity contribution in [2.45, 2.75) is 6.92 Å². The Morgan fingerprint density at radius 3 is 2.33 bits per heavy atom. The minimum Gasteiger partial charge on any atom is -0.354 e. The predicted molar refractivity (Wildman–Crippen MR) is 97.9 cm³/mol. The summed E-state index contributed by atoms with van der Waals surface area (Å²) < 4.78 is 0. The Hall–Kier alpha value is -2.20. The fourth-order valence-corrected chi connectivity index (χ4v) is 3.94. The van der Waals surface area contributed by atoms with Crippen molar-refractivity contribution in [3.63, 3.8) is 0 Å². The van der Waals surface area contributed by atoms with Gasteiger partial charge in [-0.05, 0) is 30.9 Å². The highest BCUT2D eigenvalue weighted by atomic mass is 15.3. The molecule has 2 fully saturated rings. The molecule has 2 unspecified atom stereocenters. The third kappa shape index (κ3) is 3.06. The van der Waals surface area contributed by atoms with Crippen LogP contribution in [0.1, 0.15) is 6.92 Å². The zero-order chi connectivity index (χ0) is 16.4. The topological polar surface area (TPSA) is 32.3 Å². The van der Waals surface area contributed by atoms with Gasteiger partial charge < -0.3 is 4.90 Å². The molecule has 2 atom stereocenters. The van der Waals surface area contributed by atoms with Gasteiger partial charge in [0, 0.05) is 38.3 Å². The Morgan fingerprint density at radius 1 is 0.958 bits per heavy atom. The summed E-state index contributed by atoms with van der Waals surface area (Å²) in [7, 11) is 0. The summed E-state index contributed by atoms with van der Waals surface area (Å²) in [5.74, 6) is 2.56. The number of fused-ring (bicyclic) bond motifs is 1. The van der Waals surface area contributed by atoms with Crippen LogP contribution in [0.25, 0.3) is 11.3 Å². The van der Waals surface area contributed by atoms with Crippen molar-refractivity contribution in [2.24, 2.45) is 11.8 Å². The molecule has 0 amide bonds. The van der Waals surface area contributed by atoms with Crippen molar-refractivity contribution in [2.75, 3.05) is 37.6 Å². The molecule has 2 saturated heterocycles. The lowest BCUT2D eigenvalue weighted by molar-refractivity contribution is 0.350. The smallest absolute Gasteiger partial charge is 0.151 e. The van der Waals surface area contributed by atoms with Crippen LogP contribution >= 0.6 is 0 Å². The first-order chi connectivity index (χ1) is 11.8. The second-order valence-corrected chi connectivity index (χ2v) is 6.86. The van der Waals surface area contributed by atoms with E-state index in [1.807, 2.05) is 18.2 Å². The Kier molecular flexibility index (Phi) is 4.30. The summed E-state index contributed by atoms with van der Waals surface area (Å²) in [5.41, 5.74) is 2.06. The van der Waals surface area contributed by atoms with E-state index in [0.717, 1.165) is 48.5 Å².